The molecule has 23 heavy (non-hydrogen) atoms. The lowest BCUT2D eigenvalue weighted by atomic mass is 10.2. The second-order valence-electron chi connectivity index (χ2n) is 4.81. The minimum absolute atomic E-state index is 0.0191. The van der Waals surface area contributed by atoms with Gasteiger partial charge in [-0.15, -0.1) is 11.3 Å². The van der Waals surface area contributed by atoms with Crippen LogP contribution in [0.5, 0.6) is 5.75 Å². The molecule has 0 saturated carbocycles. The van der Waals surface area contributed by atoms with Crippen molar-refractivity contribution < 1.29 is 19.9 Å². The molecule has 0 spiro atoms. The maximum absolute atomic E-state index is 12.1. The predicted molar refractivity (Wildman–Crippen MR) is 87.1 cm³/mol. The van der Waals surface area contributed by atoms with Gasteiger partial charge in [0, 0.05) is 16.0 Å². The van der Waals surface area contributed by atoms with Crippen LogP contribution in [-0.4, -0.2) is 22.1 Å². The summed E-state index contributed by atoms with van der Waals surface area (Å²) in [5.41, 5.74) is 2.51. The van der Waals surface area contributed by atoms with Gasteiger partial charge >= 0.3 is 0 Å². The number of carbonyl (C=O) groups is 2. The first-order valence-corrected chi connectivity index (χ1v) is 7.47. The van der Waals surface area contributed by atoms with E-state index in [1.165, 1.54) is 23.5 Å². The number of fused-ring (bicyclic) bond motifs is 1. The van der Waals surface area contributed by atoms with E-state index in [1.807, 2.05) is 0 Å². The van der Waals surface area contributed by atoms with Crippen LogP contribution >= 0.6 is 11.3 Å². The molecule has 3 aromatic rings. The highest BCUT2D eigenvalue weighted by Gasteiger charge is 2.11. The third-order valence-electron chi connectivity index (χ3n) is 3.21. The molecule has 116 valence electrons. The van der Waals surface area contributed by atoms with E-state index in [4.69, 9.17) is 5.21 Å². The lowest BCUT2D eigenvalue weighted by Gasteiger charge is -2.05. The fourth-order valence-corrected chi connectivity index (χ4v) is 3.07. The highest BCUT2D eigenvalue weighted by Crippen LogP contribution is 2.28. The first-order chi connectivity index (χ1) is 11.1. The zero-order valence-corrected chi connectivity index (χ0v) is 12.6. The molecule has 0 aliphatic rings. The van der Waals surface area contributed by atoms with Crippen molar-refractivity contribution in [3.05, 3.63) is 59.0 Å². The number of amides is 2. The van der Waals surface area contributed by atoms with Crippen molar-refractivity contribution in [2.24, 2.45) is 0 Å². The smallest absolute Gasteiger partial charge is 0.284 e. The Labute approximate surface area is 135 Å². The second kappa shape index (κ2) is 6.07. The Morgan fingerprint density at radius 2 is 1.83 bits per heavy atom. The van der Waals surface area contributed by atoms with Crippen molar-refractivity contribution in [2.75, 3.05) is 5.32 Å². The molecular formula is C16H12N2O4S. The molecular weight excluding hydrogens is 316 g/mol. The fraction of sp³-hybridized carbons (Fsp3) is 0. The SMILES string of the molecule is O=C(Nc1ccc2sc(C(=O)NO)cc2c1)c1cccc(O)c1. The van der Waals surface area contributed by atoms with Crippen LogP contribution in [0, 0.1) is 0 Å². The van der Waals surface area contributed by atoms with Crippen LogP contribution in [0.3, 0.4) is 0 Å². The quantitative estimate of drug-likeness (QED) is 0.439. The van der Waals surface area contributed by atoms with Gasteiger partial charge < -0.3 is 10.4 Å². The van der Waals surface area contributed by atoms with Gasteiger partial charge in [-0.2, -0.15) is 0 Å². The molecule has 1 aromatic heterocycles. The maximum atomic E-state index is 12.1. The third kappa shape index (κ3) is 3.15. The molecule has 0 aliphatic heterocycles. The second-order valence-corrected chi connectivity index (χ2v) is 5.89. The largest absolute Gasteiger partial charge is 0.508 e. The highest BCUT2D eigenvalue weighted by atomic mass is 32.1. The number of nitrogens with one attached hydrogen (secondary N) is 2. The standard InChI is InChI=1S/C16H12N2O4S/c19-12-3-1-2-9(7-12)15(20)17-11-4-5-13-10(6-11)8-14(23-13)16(21)18-22/h1-8,19,22H,(H,17,20)(H,18,21). The van der Waals surface area contributed by atoms with Crippen LogP contribution in [0.4, 0.5) is 5.69 Å². The molecule has 0 aliphatic carbocycles. The topological polar surface area (TPSA) is 98.7 Å². The van der Waals surface area contributed by atoms with Crippen LogP contribution in [0.2, 0.25) is 0 Å². The lowest BCUT2D eigenvalue weighted by Crippen LogP contribution is -2.16. The van der Waals surface area contributed by atoms with Gasteiger partial charge in [0.2, 0.25) is 0 Å². The lowest BCUT2D eigenvalue weighted by molar-refractivity contribution is 0.0711. The number of carbonyl (C=O) groups excluding carboxylic acids is 2. The molecule has 0 fully saturated rings. The Morgan fingerprint density at radius 1 is 1.00 bits per heavy atom. The van der Waals surface area contributed by atoms with Crippen molar-refractivity contribution in [3.8, 4) is 5.75 Å². The van der Waals surface area contributed by atoms with Gasteiger partial charge in [-0.25, -0.2) is 5.48 Å². The number of phenolic OH excluding ortho intramolecular Hbond substituents is 1. The van der Waals surface area contributed by atoms with Crippen molar-refractivity contribution >= 4 is 38.9 Å². The zero-order chi connectivity index (χ0) is 16.4. The van der Waals surface area contributed by atoms with Gasteiger partial charge in [0.05, 0.1) is 4.88 Å². The van der Waals surface area contributed by atoms with Gasteiger partial charge in [0.15, 0.2) is 0 Å². The summed E-state index contributed by atoms with van der Waals surface area (Å²) in [6, 6.07) is 12.9. The number of hydrogen-bond donors (Lipinski definition) is 4. The average molecular weight is 328 g/mol. The summed E-state index contributed by atoms with van der Waals surface area (Å²) in [5.74, 6) is -0.897. The highest BCUT2D eigenvalue weighted by molar-refractivity contribution is 7.20. The summed E-state index contributed by atoms with van der Waals surface area (Å²) in [4.78, 5) is 23.9. The molecule has 2 amide bonds. The summed E-state index contributed by atoms with van der Waals surface area (Å²) in [5, 5.41) is 21.6. The third-order valence-corrected chi connectivity index (χ3v) is 4.32. The molecule has 4 N–H and O–H groups in total. The van der Waals surface area contributed by atoms with E-state index >= 15 is 0 Å². The summed E-state index contributed by atoms with van der Waals surface area (Å²) in [6.07, 6.45) is 0. The van der Waals surface area contributed by atoms with Crippen molar-refractivity contribution in [1.82, 2.24) is 5.48 Å². The Morgan fingerprint density at radius 3 is 2.57 bits per heavy atom. The van der Waals surface area contributed by atoms with Gasteiger partial charge in [-0.3, -0.25) is 14.8 Å². The molecule has 7 heteroatoms. The van der Waals surface area contributed by atoms with E-state index in [0.717, 1.165) is 10.1 Å². The summed E-state index contributed by atoms with van der Waals surface area (Å²) < 4.78 is 0.860. The molecule has 1 heterocycles. The van der Waals surface area contributed by atoms with E-state index < -0.39 is 5.91 Å². The molecule has 0 atom stereocenters. The number of rotatable bonds is 3. The first-order valence-electron chi connectivity index (χ1n) is 6.65. The molecule has 0 radical (unpaired) electrons. The molecule has 2 aromatic carbocycles. The number of hydroxylamine groups is 1. The summed E-state index contributed by atoms with van der Waals surface area (Å²) in [6.45, 7) is 0. The van der Waals surface area contributed by atoms with Crippen LogP contribution in [0.25, 0.3) is 10.1 Å². The number of aromatic hydroxyl groups is 1. The van der Waals surface area contributed by atoms with Crippen LogP contribution < -0.4 is 10.8 Å². The molecule has 0 bridgehead atoms. The number of benzene rings is 2. The number of hydrogen-bond acceptors (Lipinski definition) is 5. The van der Waals surface area contributed by atoms with Crippen LogP contribution in [0.15, 0.2) is 48.5 Å². The van der Waals surface area contributed by atoms with E-state index in [9.17, 15) is 14.7 Å². The zero-order valence-electron chi connectivity index (χ0n) is 11.7. The minimum Gasteiger partial charge on any atom is -0.508 e. The Balaban J connectivity index is 1.85. The first kappa shape index (κ1) is 15.0. The minimum atomic E-state index is -0.573. The maximum Gasteiger partial charge on any atom is 0.284 e. The molecule has 0 saturated heterocycles. The van der Waals surface area contributed by atoms with Gasteiger partial charge in [-0.1, -0.05) is 6.07 Å². The Bertz CT molecular complexity index is 904. The number of phenols is 1. The molecule has 0 unspecified atom stereocenters. The molecule has 6 nitrogen and oxygen atoms in total. The number of thiophene rings is 1. The predicted octanol–water partition coefficient (Wildman–Crippen LogP) is 2.98. The van der Waals surface area contributed by atoms with E-state index in [-0.39, 0.29) is 11.7 Å². The van der Waals surface area contributed by atoms with Gasteiger partial charge in [0.25, 0.3) is 11.8 Å². The monoisotopic (exact) mass is 328 g/mol. The number of anilines is 1. The van der Waals surface area contributed by atoms with Gasteiger partial charge in [-0.05, 0) is 47.9 Å². The van der Waals surface area contributed by atoms with E-state index in [1.54, 1.807) is 41.9 Å². The van der Waals surface area contributed by atoms with Crippen LogP contribution in [-0.2, 0) is 0 Å². The molecule has 3 rings (SSSR count). The van der Waals surface area contributed by atoms with E-state index in [2.05, 4.69) is 5.32 Å². The average Bonchev–Trinajstić information content (AvgIpc) is 2.97. The fourth-order valence-electron chi connectivity index (χ4n) is 2.14. The van der Waals surface area contributed by atoms with Crippen molar-refractivity contribution in [2.45, 2.75) is 0 Å². The van der Waals surface area contributed by atoms with E-state index in [0.29, 0.717) is 16.1 Å². The summed E-state index contributed by atoms with van der Waals surface area (Å²) >= 11 is 1.24. The van der Waals surface area contributed by atoms with Gasteiger partial charge in [0.1, 0.15) is 5.75 Å². The van der Waals surface area contributed by atoms with Crippen molar-refractivity contribution in [3.63, 3.8) is 0 Å². The summed E-state index contributed by atoms with van der Waals surface area (Å²) in [7, 11) is 0. The Kier molecular flexibility index (Phi) is 3.96. The Hall–Kier alpha value is -2.90. The normalized spacial score (nSPS) is 10.5. The van der Waals surface area contributed by atoms with Crippen LogP contribution in [0.1, 0.15) is 20.0 Å². The van der Waals surface area contributed by atoms with Crippen molar-refractivity contribution in [1.29, 1.82) is 0 Å².